The highest BCUT2D eigenvalue weighted by atomic mass is 16.7. The van der Waals surface area contributed by atoms with Crippen molar-refractivity contribution in [1.29, 1.82) is 0 Å². The van der Waals surface area contributed by atoms with Gasteiger partial charge in [0.2, 0.25) is 0 Å². The van der Waals surface area contributed by atoms with E-state index in [0.29, 0.717) is 24.5 Å². The predicted molar refractivity (Wildman–Crippen MR) is 143 cm³/mol. The van der Waals surface area contributed by atoms with Crippen LogP contribution in [-0.4, -0.2) is 42.1 Å². The first-order valence-corrected chi connectivity index (χ1v) is 12.8. The van der Waals surface area contributed by atoms with E-state index in [0.717, 1.165) is 42.8 Å². The maximum Gasteiger partial charge on any atom is 0.257 e. The largest absolute Gasteiger partial charge is 0.497 e. The van der Waals surface area contributed by atoms with Crippen LogP contribution in [0.5, 0.6) is 5.75 Å². The van der Waals surface area contributed by atoms with Gasteiger partial charge in [0.05, 0.1) is 37.8 Å². The summed E-state index contributed by atoms with van der Waals surface area (Å²) >= 11 is 0. The number of benzene rings is 1. The highest BCUT2D eigenvalue weighted by molar-refractivity contribution is 6.04. The number of hydrogen-bond donors (Lipinski definition) is 1. The third-order valence-corrected chi connectivity index (χ3v) is 6.39. The zero-order valence-electron chi connectivity index (χ0n) is 22.1. The second kappa shape index (κ2) is 13.2. The van der Waals surface area contributed by atoms with Crippen LogP contribution in [-0.2, 0) is 14.9 Å². The summed E-state index contributed by atoms with van der Waals surface area (Å²) in [6.45, 7) is 9.78. The van der Waals surface area contributed by atoms with Crippen molar-refractivity contribution in [3.63, 3.8) is 0 Å². The maximum atomic E-state index is 12.8. The zero-order valence-corrected chi connectivity index (χ0v) is 22.1. The summed E-state index contributed by atoms with van der Waals surface area (Å²) in [7, 11) is 1.64. The molecule has 0 saturated carbocycles. The van der Waals surface area contributed by atoms with Gasteiger partial charge in [-0.2, -0.15) is 0 Å². The number of pyridine rings is 1. The summed E-state index contributed by atoms with van der Waals surface area (Å²) in [5, 5.41) is 2.95. The zero-order chi connectivity index (χ0) is 26.0. The van der Waals surface area contributed by atoms with Crippen LogP contribution in [0.3, 0.4) is 0 Å². The van der Waals surface area contributed by atoms with E-state index in [1.807, 2.05) is 67.2 Å². The lowest BCUT2D eigenvalue weighted by molar-refractivity contribution is -0.0513. The van der Waals surface area contributed by atoms with Crippen LogP contribution in [0.4, 0.5) is 5.69 Å². The van der Waals surface area contributed by atoms with Crippen LogP contribution in [0, 0.1) is 0 Å². The van der Waals surface area contributed by atoms with Crippen molar-refractivity contribution >= 4 is 11.6 Å². The van der Waals surface area contributed by atoms with Gasteiger partial charge in [-0.05, 0) is 61.7 Å². The van der Waals surface area contributed by atoms with Crippen LogP contribution in [0.1, 0.15) is 69.4 Å². The third kappa shape index (κ3) is 6.95. The Bertz CT molecular complexity index is 1070. The van der Waals surface area contributed by atoms with Gasteiger partial charge in [0.15, 0.2) is 6.29 Å². The first-order valence-electron chi connectivity index (χ1n) is 12.8. The maximum absolute atomic E-state index is 12.8. The Balaban J connectivity index is 0.00000176. The molecule has 3 aromatic rings. The minimum absolute atomic E-state index is 0.0673. The van der Waals surface area contributed by atoms with Gasteiger partial charge in [0, 0.05) is 29.2 Å². The van der Waals surface area contributed by atoms with Crippen molar-refractivity contribution in [3.05, 3.63) is 72.3 Å². The molecule has 4 rings (SSSR count). The number of anilines is 1. The molecule has 1 unspecified atom stereocenters. The number of ether oxygens (including phenoxy) is 3. The molecule has 0 aliphatic carbocycles. The molecule has 1 aliphatic heterocycles. The van der Waals surface area contributed by atoms with Crippen molar-refractivity contribution in [2.45, 2.75) is 65.1 Å². The third-order valence-electron chi connectivity index (χ3n) is 6.39. The molecular formula is C29H39N3O4. The molecule has 2 aromatic heterocycles. The predicted octanol–water partition coefficient (Wildman–Crippen LogP) is 6.37. The fraction of sp³-hybridized carbons (Fsp3) is 0.448. The Morgan fingerprint density at radius 3 is 2.44 bits per heavy atom. The normalized spacial score (nSPS) is 15.0. The first-order chi connectivity index (χ1) is 17.5. The number of nitrogens with zero attached hydrogens (tertiary/aromatic N) is 2. The first kappa shape index (κ1) is 27.4. The average molecular weight is 494 g/mol. The second-order valence-corrected chi connectivity index (χ2v) is 8.91. The number of amides is 1. The fourth-order valence-electron chi connectivity index (χ4n) is 4.42. The SMILES string of the molecule is CC.CCCC(C)(CCC1OCCO1)c1ccc(NC(=O)c2ccn(-c3ccc(OC)cc3)c2)cn1. The van der Waals surface area contributed by atoms with Crippen molar-refractivity contribution in [3.8, 4) is 11.4 Å². The molecule has 0 radical (unpaired) electrons. The van der Waals surface area contributed by atoms with Crippen molar-refractivity contribution < 1.29 is 19.0 Å². The molecule has 36 heavy (non-hydrogen) atoms. The molecule has 1 atom stereocenters. The van der Waals surface area contributed by atoms with E-state index < -0.39 is 0 Å². The molecule has 3 heterocycles. The molecule has 7 heteroatoms. The van der Waals surface area contributed by atoms with Gasteiger partial charge in [-0.3, -0.25) is 9.78 Å². The summed E-state index contributed by atoms with van der Waals surface area (Å²) in [5.41, 5.74) is 3.16. The average Bonchev–Trinajstić information content (AvgIpc) is 3.62. The number of hydrogen-bond acceptors (Lipinski definition) is 5. The lowest BCUT2D eigenvalue weighted by atomic mass is 9.78. The molecule has 1 saturated heterocycles. The van der Waals surface area contributed by atoms with Crippen molar-refractivity contribution in [2.24, 2.45) is 0 Å². The molecule has 1 fully saturated rings. The standard InChI is InChI=1S/C27H33N3O4.C2H6/c1-4-13-27(2,14-11-25-33-16-17-34-25)24-10-5-21(18-28-24)29-26(31)20-12-15-30(19-20)22-6-8-23(32-3)9-7-22;1-2/h5-10,12,15,18-19,25H,4,11,13-14,16-17H2,1-3H3,(H,29,31);1-2H3. The fourth-order valence-corrected chi connectivity index (χ4v) is 4.42. The van der Waals surface area contributed by atoms with Crippen molar-refractivity contribution in [1.82, 2.24) is 9.55 Å². The molecule has 0 bridgehead atoms. The molecular weight excluding hydrogens is 454 g/mol. The molecule has 1 N–H and O–H groups in total. The lowest BCUT2D eigenvalue weighted by Crippen LogP contribution is -2.25. The Morgan fingerprint density at radius 2 is 1.83 bits per heavy atom. The molecule has 1 aliphatic rings. The summed E-state index contributed by atoms with van der Waals surface area (Å²) in [6.07, 6.45) is 9.18. The Morgan fingerprint density at radius 1 is 1.11 bits per heavy atom. The van der Waals surface area contributed by atoms with E-state index in [1.54, 1.807) is 19.4 Å². The van der Waals surface area contributed by atoms with Gasteiger partial charge >= 0.3 is 0 Å². The van der Waals surface area contributed by atoms with E-state index in [-0.39, 0.29) is 17.6 Å². The number of carbonyl (C=O) groups excluding carboxylic acids is 1. The number of carbonyl (C=O) groups is 1. The van der Waals surface area contributed by atoms with Crippen LogP contribution in [0.2, 0.25) is 0 Å². The summed E-state index contributed by atoms with van der Waals surface area (Å²) in [4.78, 5) is 17.5. The van der Waals surface area contributed by atoms with Gasteiger partial charge in [0.1, 0.15) is 5.75 Å². The van der Waals surface area contributed by atoms with Gasteiger partial charge in [-0.1, -0.05) is 34.1 Å². The molecule has 7 nitrogen and oxygen atoms in total. The highest BCUT2D eigenvalue weighted by Crippen LogP contribution is 2.34. The quantitative estimate of drug-likeness (QED) is 0.355. The van der Waals surface area contributed by atoms with Gasteiger partial charge in [-0.25, -0.2) is 0 Å². The lowest BCUT2D eigenvalue weighted by Gasteiger charge is -2.30. The van der Waals surface area contributed by atoms with E-state index in [4.69, 9.17) is 19.2 Å². The van der Waals surface area contributed by atoms with E-state index in [2.05, 4.69) is 19.2 Å². The monoisotopic (exact) mass is 493 g/mol. The van der Waals surface area contributed by atoms with E-state index in [1.165, 1.54) is 0 Å². The van der Waals surface area contributed by atoms with Gasteiger partial charge in [0.25, 0.3) is 5.91 Å². The Labute approximate surface area is 214 Å². The topological polar surface area (TPSA) is 74.6 Å². The van der Waals surface area contributed by atoms with E-state index in [9.17, 15) is 4.79 Å². The molecule has 1 aromatic carbocycles. The summed E-state index contributed by atoms with van der Waals surface area (Å²) in [6, 6.07) is 13.4. The number of methoxy groups -OCH3 is 1. The smallest absolute Gasteiger partial charge is 0.257 e. The Kier molecular flexibility index (Phi) is 10.1. The molecule has 1 amide bonds. The second-order valence-electron chi connectivity index (χ2n) is 8.91. The molecule has 0 spiro atoms. The minimum atomic E-state index is -0.173. The van der Waals surface area contributed by atoms with Crippen LogP contribution >= 0.6 is 0 Å². The highest BCUT2D eigenvalue weighted by Gasteiger charge is 2.29. The van der Waals surface area contributed by atoms with Crippen LogP contribution < -0.4 is 10.1 Å². The number of aromatic nitrogens is 2. The number of nitrogens with one attached hydrogen (secondary N) is 1. The minimum Gasteiger partial charge on any atom is -0.497 e. The number of rotatable bonds is 10. The van der Waals surface area contributed by atoms with Crippen LogP contribution in [0.25, 0.3) is 5.69 Å². The Hall–Kier alpha value is -3.16. The summed E-state index contributed by atoms with van der Waals surface area (Å²) < 4.78 is 18.3. The van der Waals surface area contributed by atoms with Crippen molar-refractivity contribution in [2.75, 3.05) is 25.6 Å². The van der Waals surface area contributed by atoms with Gasteiger partial charge < -0.3 is 24.1 Å². The van der Waals surface area contributed by atoms with Gasteiger partial charge in [-0.15, -0.1) is 0 Å². The van der Waals surface area contributed by atoms with E-state index >= 15 is 0 Å². The van der Waals surface area contributed by atoms with Crippen LogP contribution in [0.15, 0.2) is 61.1 Å². The summed E-state index contributed by atoms with van der Waals surface area (Å²) in [5.74, 6) is 0.619. The molecule has 194 valence electrons.